The minimum absolute atomic E-state index is 0.130. The van der Waals surface area contributed by atoms with Crippen molar-refractivity contribution in [2.45, 2.75) is 52.4 Å². The van der Waals surface area contributed by atoms with Gasteiger partial charge in [0.1, 0.15) is 0 Å². The lowest BCUT2D eigenvalue weighted by Crippen LogP contribution is -2.23. The van der Waals surface area contributed by atoms with Gasteiger partial charge in [0, 0.05) is 12.4 Å². The van der Waals surface area contributed by atoms with Gasteiger partial charge in [0.2, 0.25) is 0 Å². The highest BCUT2D eigenvalue weighted by molar-refractivity contribution is 5.61. The summed E-state index contributed by atoms with van der Waals surface area (Å²) in [6.45, 7) is 13.6. The number of fused-ring (bicyclic) bond motifs is 1. The van der Waals surface area contributed by atoms with Crippen molar-refractivity contribution in [2.24, 2.45) is 0 Å². The Bertz CT molecular complexity index is 536. The third kappa shape index (κ3) is 2.08. The third-order valence-electron chi connectivity index (χ3n) is 3.14. The molecule has 2 heteroatoms. The van der Waals surface area contributed by atoms with E-state index in [1.165, 1.54) is 16.6 Å². The highest BCUT2D eigenvalue weighted by atomic mass is 15.2. The van der Waals surface area contributed by atoms with Gasteiger partial charge < -0.3 is 0 Å². The number of hydrogen-bond acceptors (Lipinski definition) is 1. The fraction of sp³-hybridized carbons (Fsp3) is 0.533. The van der Waals surface area contributed by atoms with Crippen LogP contribution in [-0.4, -0.2) is 9.61 Å². The summed E-state index contributed by atoms with van der Waals surface area (Å²) in [4.78, 5) is 0. The van der Waals surface area contributed by atoms with Crippen molar-refractivity contribution < 1.29 is 0 Å². The van der Waals surface area contributed by atoms with E-state index in [0.717, 1.165) is 0 Å². The minimum Gasteiger partial charge on any atom is -0.241 e. The van der Waals surface area contributed by atoms with Crippen LogP contribution in [0.2, 0.25) is 0 Å². The van der Waals surface area contributed by atoms with E-state index in [-0.39, 0.29) is 10.8 Å². The Balaban J connectivity index is 2.85. The van der Waals surface area contributed by atoms with E-state index in [9.17, 15) is 0 Å². The van der Waals surface area contributed by atoms with Crippen LogP contribution in [0.15, 0.2) is 24.5 Å². The molecular weight excluding hydrogens is 208 g/mol. The van der Waals surface area contributed by atoms with Gasteiger partial charge in [-0.3, -0.25) is 0 Å². The zero-order valence-electron chi connectivity index (χ0n) is 11.7. The van der Waals surface area contributed by atoms with Gasteiger partial charge in [-0.25, -0.2) is 4.52 Å². The van der Waals surface area contributed by atoms with Crippen molar-refractivity contribution >= 4 is 5.52 Å². The molecule has 0 aliphatic rings. The zero-order chi connectivity index (χ0) is 12.8. The second-order valence-electron chi connectivity index (χ2n) is 6.77. The summed E-state index contributed by atoms with van der Waals surface area (Å²) in [6, 6.07) is 4.32. The van der Waals surface area contributed by atoms with E-state index in [2.05, 4.69) is 65.0 Å². The van der Waals surface area contributed by atoms with E-state index in [1.54, 1.807) is 0 Å². The molecule has 92 valence electrons. The number of pyridine rings is 1. The lowest BCUT2D eigenvalue weighted by atomic mass is 9.75. The highest BCUT2D eigenvalue weighted by Gasteiger charge is 2.27. The normalized spacial score (nSPS) is 13.3. The first kappa shape index (κ1) is 12.2. The summed E-state index contributed by atoms with van der Waals surface area (Å²) in [5, 5.41) is 4.33. The standard InChI is InChI=1S/C15H22N2/c1-14(2,3)11-8-10-17-12(7-9-16-17)13(11)15(4,5)6/h7-10H,1-6H3. The van der Waals surface area contributed by atoms with Crippen LogP contribution in [0.5, 0.6) is 0 Å². The molecule has 2 aromatic rings. The lowest BCUT2D eigenvalue weighted by Gasteiger charge is -2.30. The summed E-state index contributed by atoms with van der Waals surface area (Å²) < 4.78 is 1.97. The number of rotatable bonds is 0. The second kappa shape index (κ2) is 3.59. The van der Waals surface area contributed by atoms with E-state index in [0.29, 0.717) is 0 Å². The number of nitrogens with zero attached hydrogens (tertiary/aromatic N) is 2. The smallest absolute Gasteiger partial charge is 0.0701 e. The first-order chi connectivity index (χ1) is 7.71. The Morgan fingerprint density at radius 3 is 2.12 bits per heavy atom. The van der Waals surface area contributed by atoms with Crippen LogP contribution in [0, 0.1) is 0 Å². The molecule has 0 saturated heterocycles. The molecule has 0 atom stereocenters. The van der Waals surface area contributed by atoms with Crippen LogP contribution < -0.4 is 0 Å². The second-order valence-corrected chi connectivity index (χ2v) is 6.77. The minimum atomic E-state index is 0.130. The molecule has 0 bridgehead atoms. The van der Waals surface area contributed by atoms with Gasteiger partial charge in [-0.2, -0.15) is 5.10 Å². The van der Waals surface area contributed by atoms with E-state index in [1.807, 2.05) is 10.7 Å². The predicted molar refractivity (Wildman–Crippen MR) is 72.6 cm³/mol. The highest BCUT2D eigenvalue weighted by Crippen LogP contribution is 2.36. The lowest BCUT2D eigenvalue weighted by molar-refractivity contribution is 0.531. The van der Waals surface area contributed by atoms with Gasteiger partial charge in [-0.1, -0.05) is 41.5 Å². The maximum Gasteiger partial charge on any atom is 0.0701 e. The monoisotopic (exact) mass is 230 g/mol. The Hall–Kier alpha value is -1.31. The third-order valence-corrected chi connectivity index (χ3v) is 3.14. The summed E-state index contributed by atoms with van der Waals surface area (Å²) in [5.74, 6) is 0. The quantitative estimate of drug-likeness (QED) is 0.670. The van der Waals surface area contributed by atoms with E-state index in [4.69, 9.17) is 0 Å². The average molecular weight is 230 g/mol. The van der Waals surface area contributed by atoms with Gasteiger partial charge in [0.25, 0.3) is 0 Å². The van der Waals surface area contributed by atoms with Crippen LogP contribution in [0.25, 0.3) is 5.52 Å². The molecule has 0 N–H and O–H groups in total. The van der Waals surface area contributed by atoms with Crippen molar-refractivity contribution in [2.75, 3.05) is 0 Å². The SMILES string of the molecule is CC(C)(C)c1ccn2nccc2c1C(C)(C)C. The van der Waals surface area contributed by atoms with Crippen molar-refractivity contribution in [3.63, 3.8) is 0 Å². The van der Waals surface area contributed by atoms with Crippen molar-refractivity contribution in [1.29, 1.82) is 0 Å². The van der Waals surface area contributed by atoms with Gasteiger partial charge >= 0.3 is 0 Å². The predicted octanol–water partition coefficient (Wildman–Crippen LogP) is 3.93. The summed E-state index contributed by atoms with van der Waals surface area (Å²) in [5.41, 5.74) is 4.34. The van der Waals surface area contributed by atoms with Crippen molar-refractivity contribution in [3.8, 4) is 0 Å². The van der Waals surface area contributed by atoms with Gasteiger partial charge in [0.05, 0.1) is 5.52 Å². The first-order valence-corrected chi connectivity index (χ1v) is 6.18. The molecule has 0 amide bonds. The van der Waals surface area contributed by atoms with E-state index >= 15 is 0 Å². The van der Waals surface area contributed by atoms with Crippen LogP contribution in [0.3, 0.4) is 0 Å². The average Bonchev–Trinajstić information content (AvgIpc) is 2.59. The van der Waals surface area contributed by atoms with Crippen LogP contribution >= 0.6 is 0 Å². The van der Waals surface area contributed by atoms with E-state index < -0.39 is 0 Å². The van der Waals surface area contributed by atoms with Crippen LogP contribution in [0.4, 0.5) is 0 Å². The molecule has 0 radical (unpaired) electrons. The first-order valence-electron chi connectivity index (χ1n) is 6.18. The summed E-state index contributed by atoms with van der Waals surface area (Å²) in [7, 11) is 0. The maximum absolute atomic E-state index is 4.33. The molecule has 0 saturated carbocycles. The summed E-state index contributed by atoms with van der Waals surface area (Å²) >= 11 is 0. The molecule has 0 spiro atoms. The summed E-state index contributed by atoms with van der Waals surface area (Å²) in [6.07, 6.45) is 3.93. The Morgan fingerprint density at radius 2 is 1.59 bits per heavy atom. The Kier molecular flexibility index (Phi) is 2.57. The topological polar surface area (TPSA) is 17.3 Å². The van der Waals surface area contributed by atoms with Crippen molar-refractivity contribution in [3.05, 3.63) is 35.7 Å². The Labute approximate surface area is 104 Å². The molecule has 17 heavy (non-hydrogen) atoms. The molecule has 0 aromatic carbocycles. The number of aromatic nitrogens is 2. The molecule has 0 aliphatic heterocycles. The largest absolute Gasteiger partial charge is 0.241 e. The molecule has 2 heterocycles. The number of hydrogen-bond donors (Lipinski definition) is 0. The van der Waals surface area contributed by atoms with Gasteiger partial charge in [0.15, 0.2) is 0 Å². The molecule has 0 fully saturated rings. The molecule has 0 unspecified atom stereocenters. The fourth-order valence-corrected chi connectivity index (χ4v) is 2.41. The van der Waals surface area contributed by atoms with Crippen LogP contribution in [-0.2, 0) is 10.8 Å². The molecule has 0 aliphatic carbocycles. The van der Waals surface area contributed by atoms with Gasteiger partial charge in [-0.05, 0) is 34.1 Å². The van der Waals surface area contributed by atoms with Gasteiger partial charge in [-0.15, -0.1) is 0 Å². The van der Waals surface area contributed by atoms with Crippen LogP contribution in [0.1, 0.15) is 52.7 Å². The van der Waals surface area contributed by atoms with Crippen molar-refractivity contribution in [1.82, 2.24) is 9.61 Å². The fourth-order valence-electron chi connectivity index (χ4n) is 2.41. The Morgan fingerprint density at radius 1 is 0.941 bits per heavy atom. The molecule has 2 aromatic heterocycles. The maximum atomic E-state index is 4.33. The molecular formula is C15H22N2. The molecule has 2 nitrogen and oxygen atoms in total. The molecule has 2 rings (SSSR count). The zero-order valence-corrected chi connectivity index (χ0v) is 11.7.